The third-order valence-corrected chi connectivity index (χ3v) is 5.40. The van der Waals surface area contributed by atoms with Crippen LogP contribution in [0.4, 0.5) is 0 Å². The van der Waals surface area contributed by atoms with Crippen molar-refractivity contribution in [3.05, 3.63) is 48.4 Å². The van der Waals surface area contributed by atoms with E-state index in [4.69, 9.17) is 5.73 Å². The normalized spacial score (nSPS) is 11.4. The number of sulfonamides is 1. The van der Waals surface area contributed by atoms with Crippen molar-refractivity contribution in [3.63, 3.8) is 0 Å². The van der Waals surface area contributed by atoms with Gasteiger partial charge in [0, 0.05) is 26.2 Å². The molecule has 0 saturated carbocycles. The van der Waals surface area contributed by atoms with Gasteiger partial charge < -0.3 is 10.3 Å². The van der Waals surface area contributed by atoms with Gasteiger partial charge in [-0.3, -0.25) is 0 Å². The first-order valence-corrected chi connectivity index (χ1v) is 8.78. The van der Waals surface area contributed by atoms with Gasteiger partial charge in [-0.15, -0.1) is 12.4 Å². The minimum atomic E-state index is -3.58. The highest BCUT2D eigenvalue weighted by molar-refractivity contribution is 7.89. The van der Waals surface area contributed by atoms with E-state index in [0.717, 1.165) is 5.56 Å². The molecule has 23 heavy (non-hydrogen) atoms. The van der Waals surface area contributed by atoms with E-state index in [1.165, 1.54) is 16.8 Å². The summed E-state index contributed by atoms with van der Waals surface area (Å²) in [4.78, 5) is 3.95. The standard InChI is InChI=1S/C15H22N4O2S.ClH/c1-2-18-13-17-12-15(18)22(20,21)19(11-9-16)10-8-14-6-4-3-5-7-14;/h3-7,12-13H,2,8-11,16H2,1H3;1H. The van der Waals surface area contributed by atoms with Gasteiger partial charge in [0.25, 0.3) is 10.0 Å². The summed E-state index contributed by atoms with van der Waals surface area (Å²) in [6, 6.07) is 9.82. The topological polar surface area (TPSA) is 81.2 Å². The molecule has 0 aliphatic carbocycles. The van der Waals surface area contributed by atoms with Crippen molar-refractivity contribution < 1.29 is 8.42 Å². The van der Waals surface area contributed by atoms with E-state index in [9.17, 15) is 8.42 Å². The minimum absolute atomic E-state index is 0. The maximum Gasteiger partial charge on any atom is 0.260 e. The van der Waals surface area contributed by atoms with E-state index in [2.05, 4.69) is 4.98 Å². The van der Waals surface area contributed by atoms with E-state index in [0.29, 0.717) is 26.1 Å². The summed E-state index contributed by atoms with van der Waals surface area (Å²) in [5.41, 5.74) is 6.69. The second-order valence-corrected chi connectivity index (χ2v) is 6.83. The molecule has 2 N–H and O–H groups in total. The average Bonchev–Trinajstić information content (AvgIpc) is 3.01. The number of rotatable bonds is 8. The maximum atomic E-state index is 12.8. The molecule has 128 valence electrons. The van der Waals surface area contributed by atoms with Crippen LogP contribution in [0, 0.1) is 0 Å². The van der Waals surface area contributed by atoms with Crippen molar-refractivity contribution in [2.24, 2.45) is 5.73 Å². The summed E-state index contributed by atoms with van der Waals surface area (Å²) in [7, 11) is -3.58. The van der Waals surface area contributed by atoms with Crippen LogP contribution in [-0.4, -0.2) is 41.9 Å². The fourth-order valence-corrected chi connectivity index (χ4v) is 3.90. The van der Waals surface area contributed by atoms with Gasteiger partial charge in [0.15, 0.2) is 5.03 Å². The summed E-state index contributed by atoms with van der Waals surface area (Å²) in [6.45, 7) is 3.43. The number of benzene rings is 1. The Morgan fingerprint density at radius 1 is 1.22 bits per heavy atom. The summed E-state index contributed by atoms with van der Waals surface area (Å²) < 4.78 is 28.6. The SMILES string of the molecule is CCn1cncc1S(=O)(=O)N(CCN)CCc1ccccc1.Cl. The highest BCUT2D eigenvalue weighted by atomic mass is 35.5. The van der Waals surface area contributed by atoms with E-state index < -0.39 is 10.0 Å². The lowest BCUT2D eigenvalue weighted by Crippen LogP contribution is -2.37. The largest absolute Gasteiger partial charge is 0.329 e. The number of aromatic nitrogens is 2. The zero-order valence-corrected chi connectivity index (χ0v) is 14.8. The van der Waals surface area contributed by atoms with Crippen LogP contribution in [0.5, 0.6) is 0 Å². The molecule has 0 bridgehead atoms. The first kappa shape index (κ1) is 19.6. The second-order valence-electron chi connectivity index (χ2n) is 4.95. The van der Waals surface area contributed by atoms with Crippen LogP contribution in [0.3, 0.4) is 0 Å². The van der Waals surface area contributed by atoms with Gasteiger partial charge in [-0.25, -0.2) is 13.4 Å². The van der Waals surface area contributed by atoms with E-state index >= 15 is 0 Å². The number of hydrogen-bond acceptors (Lipinski definition) is 4. The molecule has 1 heterocycles. The van der Waals surface area contributed by atoms with Crippen molar-refractivity contribution in [2.45, 2.75) is 24.9 Å². The second kappa shape index (κ2) is 9.02. The first-order valence-electron chi connectivity index (χ1n) is 7.34. The van der Waals surface area contributed by atoms with Gasteiger partial charge in [0.1, 0.15) is 0 Å². The Bertz CT molecular complexity index is 689. The molecule has 0 radical (unpaired) electrons. The molecule has 2 aromatic rings. The summed E-state index contributed by atoms with van der Waals surface area (Å²) in [5, 5.41) is 0.219. The maximum absolute atomic E-state index is 12.8. The van der Waals surface area contributed by atoms with Gasteiger partial charge in [0.2, 0.25) is 0 Å². The molecule has 0 unspecified atom stereocenters. The van der Waals surface area contributed by atoms with E-state index in [-0.39, 0.29) is 24.0 Å². The molecule has 0 aliphatic heterocycles. The number of nitrogens with two attached hydrogens (primary N) is 1. The van der Waals surface area contributed by atoms with Crippen LogP contribution in [0.25, 0.3) is 0 Å². The van der Waals surface area contributed by atoms with Gasteiger partial charge in [0.05, 0.1) is 12.5 Å². The quantitative estimate of drug-likeness (QED) is 0.775. The fourth-order valence-electron chi connectivity index (χ4n) is 2.29. The van der Waals surface area contributed by atoms with E-state index in [1.807, 2.05) is 37.3 Å². The van der Waals surface area contributed by atoms with Crippen LogP contribution < -0.4 is 5.73 Å². The zero-order chi connectivity index (χ0) is 16.0. The van der Waals surface area contributed by atoms with Crippen molar-refractivity contribution >= 4 is 22.4 Å². The van der Waals surface area contributed by atoms with Crippen LogP contribution in [0.15, 0.2) is 47.9 Å². The van der Waals surface area contributed by atoms with Crippen molar-refractivity contribution in [1.29, 1.82) is 0 Å². The Kier molecular flexibility index (Phi) is 7.70. The number of imidazole rings is 1. The molecule has 1 aromatic carbocycles. The zero-order valence-electron chi connectivity index (χ0n) is 13.1. The number of nitrogens with zero attached hydrogens (tertiary/aromatic N) is 3. The lowest BCUT2D eigenvalue weighted by atomic mass is 10.1. The lowest BCUT2D eigenvalue weighted by molar-refractivity contribution is 0.416. The molecule has 0 spiro atoms. The monoisotopic (exact) mass is 358 g/mol. The number of halogens is 1. The molecule has 8 heteroatoms. The van der Waals surface area contributed by atoms with Crippen molar-refractivity contribution in [3.8, 4) is 0 Å². The highest BCUT2D eigenvalue weighted by Gasteiger charge is 2.26. The van der Waals surface area contributed by atoms with Crippen molar-refractivity contribution in [2.75, 3.05) is 19.6 Å². The molecule has 2 rings (SSSR count). The molecule has 6 nitrogen and oxygen atoms in total. The Hall–Kier alpha value is -1.41. The molecule has 0 saturated heterocycles. The summed E-state index contributed by atoms with van der Waals surface area (Å²) in [6.07, 6.45) is 3.58. The van der Waals surface area contributed by atoms with Gasteiger partial charge in [-0.1, -0.05) is 30.3 Å². The Labute approximate surface area is 143 Å². The third-order valence-electron chi connectivity index (χ3n) is 3.49. The third kappa shape index (κ3) is 4.78. The smallest absolute Gasteiger partial charge is 0.260 e. The summed E-state index contributed by atoms with van der Waals surface area (Å²) >= 11 is 0. The number of hydrogen-bond donors (Lipinski definition) is 1. The Balaban J connectivity index is 0.00000264. The molecular weight excluding hydrogens is 336 g/mol. The van der Waals surface area contributed by atoms with Crippen LogP contribution >= 0.6 is 12.4 Å². The molecule has 1 aromatic heterocycles. The van der Waals surface area contributed by atoms with Crippen molar-refractivity contribution in [1.82, 2.24) is 13.9 Å². The Morgan fingerprint density at radius 2 is 1.91 bits per heavy atom. The Morgan fingerprint density at radius 3 is 2.52 bits per heavy atom. The van der Waals surface area contributed by atoms with Crippen LogP contribution in [0.1, 0.15) is 12.5 Å². The average molecular weight is 359 g/mol. The molecule has 0 atom stereocenters. The number of aryl methyl sites for hydroxylation is 1. The molecule has 0 amide bonds. The molecule has 0 fully saturated rings. The first-order chi connectivity index (χ1) is 10.6. The van der Waals surface area contributed by atoms with Crippen LogP contribution in [0.2, 0.25) is 0 Å². The highest BCUT2D eigenvalue weighted by Crippen LogP contribution is 2.16. The fraction of sp³-hybridized carbons (Fsp3) is 0.400. The van der Waals surface area contributed by atoms with Gasteiger partial charge in [-0.2, -0.15) is 4.31 Å². The lowest BCUT2D eigenvalue weighted by Gasteiger charge is -2.21. The van der Waals surface area contributed by atoms with E-state index in [1.54, 1.807) is 4.57 Å². The summed E-state index contributed by atoms with van der Waals surface area (Å²) in [5.74, 6) is 0. The predicted octanol–water partition coefficient (Wildman–Crippen LogP) is 1.52. The predicted molar refractivity (Wildman–Crippen MR) is 93.1 cm³/mol. The minimum Gasteiger partial charge on any atom is -0.329 e. The molecular formula is C15H23ClN4O2S. The van der Waals surface area contributed by atoms with Crippen LogP contribution in [-0.2, 0) is 23.0 Å². The molecule has 0 aliphatic rings. The van der Waals surface area contributed by atoms with Gasteiger partial charge >= 0.3 is 0 Å². The van der Waals surface area contributed by atoms with Gasteiger partial charge in [-0.05, 0) is 18.9 Å².